The van der Waals surface area contributed by atoms with Gasteiger partial charge in [-0.15, -0.1) is 0 Å². The number of hydrogen-bond donors (Lipinski definition) is 1. The first-order chi connectivity index (χ1) is 5.11. The Balaban J connectivity index is 3.80. The first-order valence-electron chi connectivity index (χ1n) is 4.01. The summed E-state index contributed by atoms with van der Waals surface area (Å²) in [6.07, 6.45) is 0. The van der Waals surface area contributed by atoms with Crippen molar-refractivity contribution in [3.05, 3.63) is 0 Å². The number of likely N-dealkylation sites (N-methyl/N-ethyl adjacent to an activating group) is 1. The molecular weight excluding hydrogens is 138 g/mol. The maximum absolute atomic E-state index is 8.46. The molecule has 3 heteroatoms. The Labute approximate surface area is 68.8 Å². The molecule has 0 fully saturated rings. The number of nitrogens with two attached hydrogens (primary N) is 1. The highest BCUT2D eigenvalue weighted by Gasteiger charge is 2.10. The Bertz CT molecular complexity index is 137. The molecule has 0 radical (unpaired) electrons. The van der Waals surface area contributed by atoms with Crippen molar-refractivity contribution in [3.8, 4) is 6.07 Å². The topological polar surface area (TPSA) is 53.0 Å². The summed E-state index contributed by atoms with van der Waals surface area (Å²) < 4.78 is 0. The van der Waals surface area contributed by atoms with Gasteiger partial charge in [0, 0.05) is 12.6 Å². The molecule has 0 saturated carbocycles. The molecule has 3 nitrogen and oxygen atoms in total. The van der Waals surface area contributed by atoms with Gasteiger partial charge in [0.25, 0.3) is 0 Å². The van der Waals surface area contributed by atoms with E-state index in [-0.39, 0.29) is 6.04 Å². The van der Waals surface area contributed by atoms with Gasteiger partial charge in [0.1, 0.15) is 6.04 Å². The van der Waals surface area contributed by atoms with E-state index in [2.05, 4.69) is 25.7 Å². The summed E-state index contributed by atoms with van der Waals surface area (Å²) in [6, 6.07) is 2.14. The summed E-state index contributed by atoms with van der Waals surface area (Å²) in [7, 11) is 0. The van der Waals surface area contributed by atoms with Crippen LogP contribution in [-0.4, -0.2) is 30.1 Å². The third-order valence-electron chi connectivity index (χ3n) is 1.73. The van der Waals surface area contributed by atoms with Crippen molar-refractivity contribution >= 4 is 0 Å². The van der Waals surface area contributed by atoms with Gasteiger partial charge in [-0.05, 0) is 20.4 Å². The van der Waals surface area contributed by atoms with Gasteiger partial charge in [0.2, 0.25) is 0 Å². The smallest absolute Gasteiger partial charge is 0.106 e. The first-order valence-corrected chi connectivity index (χ1v) is 4.01. The summed E-state index contributed by atoms with van der Waals surface area (Å²) in [4.78, 5) is 2.17. The van der Waals surface area contributed by atoms with Crippen LogP contribution in [0.3, 0.4) is 0 Å². The van der Waals surface area contributed by atoms with E-state index >= 15 is 0 Å². The molecule has 0 saturated heterocycles. The van der Waals surface area contributed by atoms with E-state index in [1.807, 2.05) is 6.07 Å². The number of nitrogens with zero attached hydrogens (tertiary/aromatic N) is 2. The molecule has 0 rings (SSSR count). The van der Waals surface area contributed by atoms with Crippen LogP contribution in [0.5, 0.6) is 0 Å². The fourth-order valence-electron chi connectivity index (χ4n) is 0.999. The summed E-state index contributed by atoms with van der Waals surface area (Å²) >= 11 is 0. The van der Waals surface area contributed by atoms with E-state index < -0.39 is 0 Å². The zero-order valence-corrected chi connectivity index (χ0v) is 7.54. The first kappa shape index (κ1) is 10.4. The molecule has 0 aliphatic carbocycles. The van der Waals surface area contributed by atoms with Gasteiger partial charge in [-0.3, -0.25) is 4.90 Å². The third kappa shape index (κ3) is 3.97. The lowest BCUT2D eigenvalue weighted by molar-refractivity contribution is 0.230. The summed E-state index contributed by atoms with van der Waals surface area (Å²) in [6.45, 7) is 7.91. The standard InChI is InChI=1S/C8H17N3/c1-4-11(7(2)3)6-8(10)5-9/h7-8H,4,6,10H2,1-3H3. The molecule has 0 aromatic rings. The average Bonchev–Trinajstić information content (AvgIpc) is 1.99. The minimum Gasteiger partial charge on any atom is -0.315 e. The van der Waals surface area contributed by atoms with Crippen LogP contribution in [0, 0.1) is 11.3 Å². The second kappa shape index (κ2) is 5.11. The Morgan fingerprint density at radius 2 is 2.09 bits per heavy atom. The Kier molecular flexibility index (Phi) is 4.84. The van der Waals surface area contributed by atoms with E-state index in [4.69, 9.17) is 11.0 Å². The quantitative estimate of drug-likeness (QED) is 0.645. The van der Waals surface area contributed by atoms with E-state index in [1.165, 1.54) is 0 Å². The highest BCUT2D eigenvalue weighted by molar-refractivity contribution is 4.89. The summed E-state index contributed by atoms with van der Waals surface area (Å²) in [5.74, 6) is 0. The monoisotopic (exact) mass is 155 g/mol. The predicted octanol–water partition coefficient (Wildman–Crippen LogP) is 0.568. The molecule has 2 N–H and O–H groups in total. The molecule has 0 aliphatic rings. The number of hydrogen-bond acceptors (Lipinski definition) is 3. The highest BCUT2D eigenvalue weighted by Crippen LogP contribution is 1.97. The Morgan fingerprint density at radius 1 is 1.55 bits per heavy atom. The number of nitriles is 1. The lowest BCUT2D eigenvalue weighted by atomic mass is 10.2. The lowest BCUT2D eigenvalue weighted by Gasteiger charge is -2.25. The van der Waals surface area contributed by atoms with Crippen LogP contribution in [0.2, 0.25) is 0 Å². The fraction of sp³-hybridized carbons (Fsp3) is 0.875. The largest absolute Gasteiger partial charge is 0.315 e. The van der Waals surface area contributed by atoms with Crippen LogP contribution in [0.15, 0.2) is 0 Å². The second-order valence-corrected chi connectivity index (χ2v) is 2.92. The zero-order chi connectivity index (χ0) is 8.85. The summed E-state index contributed by atoms with van der Waals surface area (Å²) in [5.41, 5.74) is 5.48. The van der Waals surface area contributed by atoms with Gasteiger partial charge in [-0.1, -0.05) is 6.92 Å². The van der Waals surface area contributed by atoms with Crippen molar-refractivity contribution in [2.45, 2.75) is 32.9 Å². The van der Waals surface area contributed by atoms with Gasteiger partial charge in [-0.2, -0.15) is 5.26 Å². The molecule has 0 spiro atoms. The molecule has 1 unspecified atom stereocenters. The molecule has 11 heavy (non-hydrogen) atoms. The van der Waals surface area contributed by atoms with Gasteiger partial charge >= 0.3 is 0 Å². The van der Waals surface area contributed by atoms with Crippen molar-refractivity contribution in [2.24, 2.45) is 5.73 Å². The van der Waals surface area contributed by atoms with Crippen LogP contribution in [0.4, 0.5) is 0 Å². The summed E-state index contributed by atoms with van der Waals surface area (Å²) in [5, 5.41) is 8.46. The second-order valence-electron chi connectivity index (χ2n) is 2.92. The molecule has 0 aromatic carbocycles. The van der Waals surface area contributed by atoms with E-state index in [1.54, 1.807) is 0 Å². The molecule has 1 atom stereocenters. The van der Waals surface area contributed by atoms with Crippen molar-refractivity contribution in [3.63, 3.8) is 0 Å². The molecule has 64 valence electrons. The van der Waals surface area contributed by atoms with Gasteiger partial charge in [0.05, 0.1) is 6.07 Å². The predicted molar refractivity (Wildman–Crippen MR) is 46.0 cm³/mol. The van der Waals surface area contributed by atoms with Crippen molar-refractivity contribution in [1.29, 1.82) is 5.26 Å². The minimum absolute atomic E-state index is 0.350. The van der Waals surface area contributed by atoms with Crippen LogP contribution in [0.1, 0.15) is 20.8 Å². The Hall–Kier alpha value is -0.590. The van der Waals surface area contributed by atoms with Gasteiger partial charge in [0.15, 0.2) is 0 Å². The van der Waals surface area contributed by atoms with Crippen molar-refractivity contribution < 1.29 is 0 Å². The molecule has 0 bridgehead atoms. The maximum atomic E-state index is 8.46. The minimum atomic E-state index is -0.350. The zero-order valence-electron chi connectivity index (χ0n) is 7.54. The van der Waals surface area contributed by atoms with Crippen LogP contribution >= 0.6 is 0 Å². The normalized spacial score (nSPS) is 13.5. The van der Waals surface area contributed by atoms with Gasteiger partial charge < -0.3 is 5.73 Å². The molecule has 0 amide bonds. The number of rotatable bonds is 4. The van der Waals surface area contributed by atoms with Gasteiger partial charge in [-0.25, -0.2) is 0 Å². The molecule has 0 aliphatic heterocycles. The van der Waals surface area contributed by atoms with Crippen LogP contribution in [0.25, 0.3) is 0 Å². The SMILES string of the molecule is CCN(CC(N)C#N)C(C)C. The molecule has 0 heterocycles. The van der Waals surface area contributed by atoms with E-state index in [0.29, 0.717) is 12.6 Å². The van der Waals surface area contributed by atoms with E-state index in [0.717, 1.165) is 6.54 Å². The maximum Gasteiger partial charge on any atom is 0.106 e. The van der Waals surface area contributed by atoms with Crippen LogP contribution in [-0.2, 0) is 0 Å². The average molecular weight is 155 g/mol. The fourth-order valence-corrected chi connectivity index (χ4v) is 0.999. The Morgan fingerprint density at radius 3 is 2.36 bits per heavy atom. The van der Waals surface area contributed by atoms with Crippen molar-refractivity contribution in [2.75, 3.05) is 13.1 Å². The van der Waals surface area contributed by atoms with Crippen LogP contribution < -0.4 is 5.73 Å². The highest BCUT2D eigenvalue weighted by atomic mass is 15.1. The van der Waals surface area contributed by atoms with E-state index in [9.17, 15) is 0 Å². The third-order valence-corrected chi connectivity index (χ3v) is 1.73. The molecule has 0 aromatic heterocycles. The van der Waals surface area contributed by atoms with Crippen molar-refractivity contribution in [1.82, 2.24) is 4.90 Å². The molecular formula is C8H17N3. The lowest BCUT2D eigenvalue weighted by Crippen LogP contribution is -2.40.